The Balaban J connectivity index is 2.06. The largest absolute Gasteiger partial charge is 0.511 e. The highest BCUT2D eigenvalue weighted by molar-refractivity contribution is 6.19. The van der Waals surface area contributed by atoms with E-state index < -0.39 is 41.7 Å². The van der Waals surface area contributed by atoms with Gasteiger partial charge in [-0.1, -0.05) is 39.0 Å². The minimum absolute atomic E-state index is 0.0371. The molecule has 0 radical (unpaired) electrons. The Labute approximate surface area is 193 Å². The van der Waals surface area contributed by atoms with Crippen LogP contribution in [0.3, 0.4) is 0 Å². The van der Waals surface area contributed by atoms with E-state index in [0.717, 1.165) is 0 Å². The molecule has 0 bridgehead atoms. The van der Waals surface area contributed by atoms with Crippen molar-refractivity contribution in [2.75, 3.05) is 7.11 Å². The normalized spacial score (nSPS) is 27.6. The zero-order valence-corrected chi connectivity index (χ0v) is 19.5. The first-order chi connectivity index (χ1) is 15.6. The van der Waals surface area contributed by atoms with Crippen LogP contribution in [0, 0.1) is 5.92 Å². The maximum Gasteiger partial charge on any atom is 0.510 e. The summed E-state index contributed by atoms with van der Waals surface area (Å²) in [5.41, 5.74) is -1.34. The summed E-state index contributed by atoms with van der Waals surface area (Å²) in [6.45, 7) is 9.49. The quantitative estimate of drug-likeness (QED) is 0.128. The van der Waals surface area contributed by atoms with Gasteiger partial charge in [-0.3, -0.25) is 4.79 Å². The average Bonchev–Trinajstić information content (AvgIpc) is 3.13. The lowest BCUT2D eigenvalue weighted by Crippen LogP contribution is -2.49. The van der Waals surface area contributed by atoms with Gasteiger partial charge >= 0.3 is 18.1 Å². The number of ether oxygens (including phenoxy) is 4. The average molecular weight is 465 g/mol. The molecule has 0 saturated carbocycles. The number of hydrogen-bond donors (Lipinski definition) is 1. The number of carbonyl (C=O) groups excluding carboxylic acids is 4. The standard InChI is InChI=1S/C24H32O9/c1-6-15(4)20-24(22(28)30-5,33-23(29)32-20)12-8-9-14(3)10-11-17(25)19-18(26)13-16(7-2)31-21(19)27/h8,12,15-16,20,25H,3,6-7,9-11,13H2,1-2,4-5H3/b12-8+,19-17+/t15-,16+,20+,24-/m0/s1. The van der Waals surface area contributed by atoms with Crippen molar-refractivity contribution in [1.82, 2.24) is 0 Å². The number of aliphatic hydroxyl groups excluding tert-OH is 1. The SMILES string of the molecule is C=C(C/C=C/[C@]1(C(=O)OC)OC(=O)O[C@@H]1[C@@H](C)CC)CC/C(O)=C1/C(=O)C[C@@H](CC)OC1=O. The molecule has 2 saturated heterocycles. The zero-order chi connectivity index (χ0) is 24.8. The number of allylic oxidation sites excluding steroid dienone is 3. The van der Waals surface area contributed by atoms with E-state index in [0.29, 0.717) is 24.8 Å². The number of rotatable bonds is 10. The summed E-state index contributed by atoms with van der Waals surface area (Å²) in [6.07, 6.45) is 2.66. The van der Waals surface area contributed by atoms with Gasteiger partial charge < -0.3 is 24.1 Å². The van der Waals surface area contributed by atoms with Gasteiger partial charge in [-0.05, 0) is 37.7 Å². The lowest BCUT2D eigenvalue weighted by atomic mass is 9.85. The fourth-order valence-electron chi connectivity index (χ4n) is 3.78. The third-order valence-electron chi connectivity index (χ3n) is 5.96. The molecule has 2 aliphatic rings. The van der Waals surface area contributed by atoms with Crippen molar-refractivity contribution in [2.45, 2.75) is 77.1 Å². The number of aliphatic hydroxyl groups is 1. The molecule has 182 valence electrons. The second-order valence-corrected chi connectivity index (χ2v) is 8.30. The van der Waals surface area contributed by atoms with Crippen LogP contribution >= 0.6 is 0 Å². The van der Waals surface area contributed by atoms with Crippen LogP contribution in [0.4, 0.5) is 4.79 Å². The first-order valence-corrected chi connectivity index (χ1v) is 11.1. The number of ketones is 1. The number of Topliss-reactive ketones (excluding diaryl/α,β-unsaturated/α-hetero) is 1. The number of methoxy groups -OCH3 is 1. The monoisotopic (exact) mass is 464 g/mol. The summed E-state index contributed by atoms with van der Waals surface area (Å²) < 4.78 is 20.5. The predicted octanol–water partition coefficient (Wildman–Crippen LogP) is 3.87. The third kappa shape index (κ3) is 5.83. The molecule has 4 atom stereocenters. The molecule has 0 aliphatic carbocycles. The van der Waals surface area contributed by atoms with Crippen molar-refractivity contribution in [1.29, 1.82) is 0 Å². The molecule has 9 heteroatoms. The molecule has 0 spiro atoms. The van der Waals surface area contributed by atoms with Gasteiger partial charge in [-0.15, -0.1) is 0 Å². The van der Waals surface area contributed by atoms with Crippen molar-refractivity contribution in [3.8, 4) is 0 Å². The van der Waals surface area contributed by atoms with Gasteiger partial charge in [0, 0.05) is 12.8 Å². The Morgan fingerprint density at radius 2 is 1.97 bits per heavy atom. The second-order valence-electron chi connectivity index (χ2n) is 8.30. The molecule has 0 unspecified atom stereocenters. The lowest BCUT2D eigenvalue weighted by Gasteiger charge is -2.28. The Morgan fingerprint density at radius 1 is 1.27 bits per heavy atom. The molecule has 2 aliphatic heterocycles. The van der Waals surface area contributed by atoms with Crippen LogP contribution in [0.5, 0.6) is 0 Å². The first kappa shape index (κ1) is 26.2. The van der Waals surface area contributed by atoms with Gasteiger partial charge in [0.2, 0.25) is 0 Å². The van der Waals surface area contributed by atoms with Crippen LogP contribution in [-0.2, 0) is 33.3 Å². The van der Waals surface area contributed by atoms with E-state index in [1.165, 1.54) is 13.2 Å². The van der Waals surface area contributed by atoms with Crippen LogP contribution in [-0.4, -0.2) is 53.9 Å². The van der Waals surface area contributed by atoms with Crippen molar-refractivity contribution in [3.63, 3.8) is 0 Å². The fourth-order valence-corrected chi connectivity index (χ4v) is 3.78. The summed E-state index contributed by atoms with van der Waals surface area (Å²) in [5.74, 6) is -2.47. The van der Waals surface area contributed by atoms with Crippen LogP contribution in [0.25, 0.3) is 0 Å². The molecule has 2 fully saturated rings. The lowest BCUT2D eigenvalue weighted by molar-refractivity contribution is -0.158. The molecular weight excluding hydrogens is 432 g/mol. The summed E-state index contributed by atoms with van der Waals surface area (Å²) in [6, 6.07) is 0. The number of esters is 2. The Hall–Kier alpha value is -3.10. The molecule has 0 aromatic rings. The first-order valence-electron chi connectivity index (χ1n) is 11.1. The van der Waals surface area contributed by atoms with Gasteiger partial charge in [-0.25, -0.2) is 14.4 Å². The zero-order valence-electron chi connectivity index (χ0n) is 19.5. The molecule has 2 heterocycles. The highest BCUT2D eigenvalue weighted by atomic mass is 16.8. The topological polar surface area (TPSA) is 125 Å². The van der Waals surface area contributed by atoms with E-state index in [1.807, 2.05) is 20.8 Å². The Morgan fingerprint density at radius 3 is 2.55 bits per heavy atom. The smallest absolute Gasteiger partial charge is 0.510 e. The molecule has 0 amide bonds. The highest BCUT2D eigenvalue weighted by Gasteiger charge is 2.58. The summed E-state index contributed by atoms with van der Waals surface area (Å²) in [4.78, 5) is 48.6. The van der Waals surface area contributed by atoms with Crippen LogP contribution in [0.2, 0.25) is 0 Å². The van der Waals surface area contributed by atoms with Crippen LogP contribution in [0.15, 0.2) is 35.6 Å². The van der Waals surface area contributed by atoms with Crippen molar-refractivity contribution in [3.05, 3.63) is 35.6 Å². The van der Waals surface area contributed by atoms with E-state index in [9.17, 15) is 24.3 Å². The van der Waals surface area contributed by atoms with Gasteiger partial charge in [0.05, 0.1) is 7.11 Å². The fraction of sp³-hybridized carbons (Fsp3) is 0.583. The van der Waals surface area contributed by atoms with E-state index >= 15 is 0 Å². The van der Waals surface area contributed by atoms with Crippen molar-refractivity contribution in [2.24, 2.45) is 5.92 Å². The maximum atomic E-state index is 12.5. The van der Waals surface area contributed by atoms with Crippen LogP contribution < -0.4 is 0 Å². The molecule has 33 heavy (non-hydrogen) atoms. The summed E-state index contributed by atoms with van der Waals surface area (Å²) >= 11 is 0. The number of cyclic esters (lactones) is 3. The number of hydrogen-bond acceptors (Lipinski definition) is 9. The highest BCUT2D eigenvalue weighted by Crippen LogP contribution is 2.36. The van der Waals surface area contributed by atoms with Gasteiger partial charge in [-0.2, -0.15) is 0 Å². The molecule has 0 aromatic carbocycles. The predicted molar refractivity (Wildman–Crippen MR) is 117 cm³/mol. The van der Waals surface area contributed by atoms with Crippen LogP contribution in [0.1, 0.15) is 59.3 Å². The Kier molecular flexibility index (Phi) is 8.84. The van der Waals surface area contributed by atoms with Crippen molar-refractivity contribution >= 4 is 23.9 Å². The molecule has 9 nitrogen and oxygen atoms in total. The number of carbonyl (C=O) groups is 4. The third-order valence-corrected chi connectivity index (χ3v) is 5.96. The maximum absolute atomic E-state index is 12.5. The summed E-state index contributed by atoms with van der Waals surface area (Å²) in [7, 11) is 1.20. The van der Waals surface area contributed by atoms with E-state index in [1.54, 1.807) is 6.08 Å². The van der Waals surface area contributed by atoms with Gasteiger partial charge in [0.15, 0.2) is 11.9 Å². The molecular formula is C24H32O9. The molecule has 0 aromatic heterocycles. The van der Waals surface area contributed by atoms with E-state index in [2.05, 4.69) is 6.58 Å². The van der Waals surface area contributed by atoms with Crippen molar-refractivity contribution < 1.29 is 43.2 Å². The van der Waals surface area contributed by atoms with Gasteiger partial charge in [0.1, 0.15) is 17.4 Å². The molecule has 2 rings (SSSR count). The van der Waals surface area contributed by atoms with E-state index in [-0.39, 0.29) is 36.5 Å². The second kappa shape index (κ2) is 11.2. The minimum atomic E-state index is -1.69. The Bertz CT molecular complexity index is 849. The minimum Gasteiger partial charge on any atom is -0.511 e. The molecule has 1 N–H and O–H groups in total. The van der Waals surface area contributed by atoms with Gasteiger partial charge in [0.25, 0.3) is 5.60 Å². The van der Waals surface area contributed by atoms with E-state index in [4.69, 9.17) is 18.9 Å². The summed E-state index contributed by atoms with van der Waals surface area (Å²) in [5, 5.41) is 10.3.